The van der Waals surface area contributed by atoms with E-state index in [1.54, 1.807) is 6.07 Å². The molecule has 0 amide bonds. The van der Waals surface area contributed by atoms with Gasteiger partial charge in [-0.05, 0) is 12.1 Å². The summed E-state index contributed by atoms with van der Waals surface area (Å²) >= 11 is 0. The minimum absolute atomic E-state index is 0.0562. The Morgan fingerprint density at radius 3 is 2.80 bits per heavy atom. The fraction of sp³-hybridized carbons (Fsp3) is 0. The molecule has 0 spiro atoms. The standard InChI is InChI=1S/C9H6N2O4/c12-9(13)7-4-5-6(10-7)2-1-3-8(5)11(14)15/h1-4,10H,(H,12,13). The lowest BCUT2D eigenvalue weighted by Crippen LogP contribution is -1.94. The highest BCUT2D eigenvalue weighted by Gasteiger charge is 2.15. The Hall–Kier alpha value is -2.37. The van der Waals surface area contributed by atoms with E-state index in [9.17, 15) is 14.9 Å². The summed E-state index contributed by atoms with van der Waals surface area (Å²) in [7, 11) is 0. The first-order valence-corrected chi connectivity index (χ1v) is 4.09. The van der Waals surface area contributed by atoms with Gasteiger partial charge in [0.15, 0.2) is 0 Å². The van der Waals surface area contributed by atoms with Gasteiger partial charge in [-0.3, -0.25) is 10.1 Å². The minimum Gasteiger partial charge on any atom is -0.477 e. The quantitative estimate of drug-likeness (QED) is 0.578. The molecule has 76 valence electrons. The van der Waals surface area contributed by atoms with Crippen LogP contribution >= 0.6 is 0 Å². The number of hydrogen-bond acceptors (Lipinski definition) is 3. The lowest BCUT2D eigenvalue weighted by atomic mass is 10.2. The number of H-pyrrole nitrogens is 1. The Bertz CT molecular complexity index is 558. The van der Waals surface area contributed by atoms with Crippen molar-refractivity contribution in [3.05, 3.63) is 40.1 Å². The second kappa shape index (κ2) is 3.09. The molecule has 6 heteroatoms. The van der Waals surface area contributed by atoms with E-state index in [2.05, 4.69) is 4.98 Å². The van der Waals surface area contributed by atoms with Gasteiger partial charge in [-0.25, -0.2) is 4.79 Å². The third kappa shape index (κ3) is 1.41. The SMILES string of the molecule is O=C(O)c1cc2c([N+](=O)[O-])cccc2[nH]1. The monoisotopic (exact) mass is 206 g/mol. The summed E-state index contributed by atoms with van der Waals surface area (Å²) in [5, 5.41) is 19.7. The number of nitrogens with zero attached hydrogens (tertiary/aromatic N) is 1. The number of hydrogen-bond donors (Lipinski definition) is 2. The van der Waals surface area contributed by atoms with Gasteiger partial charge in [0.05, 0.1) is 15.8 Å². The number of non-ortho nitro benzene ring substituents is 1. The van der Waals surface area contributed by atoms with Gasteiger partial charge in [0.1, 0.15) is 5.69 Å². The Kier molecular flexibility index (Phi) is 1.89. The van der Waals surface area contributed by atoms with Crippen LogP contribution in [0.3, 0.4) is 0 Å². The first kappa shape index (κ1) is 9.20. The van der Waals surface area contributed by atoms with Crippen molar-refractivity contribution in [3.8, 4) is 0 Å². The third-order valence-electron chi connectivity index (χ3n) is 2.07. The van der Waals surface area contributed by atoms with Gasteiger partial charge in [-0.1, -0.05) is 6.07 Å². The number of nitrogens with one attached hydrogen (secondary N) is 1. The lowest BCUT2D eigenvalue weighted by Gasteiger charge is -1.91. The van der Waals surface area contributed by atoms with Crippen LogP contribution in [-0.4, -0.2) is 21.0 Å². The van der Waals surface area contributed by atoms with Crippen molar-refractivity contribution in [1.29, 1.82) is 0 Å². The van der Waals surface area contributed by atoms with Crippen LogP contribution in [0.2, 0.25) is 0 Å². The topological polar surface area (TPSA) is 96.2 Å². The maximum absolute atomic E-state index is 10.7. The van der Waals surface area contributed by atoms with Crippen molar-refractivity contribution in [2.24, 2.45) is 0 Å². The summed E-state index contributed by atoms with van der Waals surface area (Å²) in [5.41, 5.74) is 0.289. The molecule has 0 saturated carbocycles. The molecule has 1 heterocycles. The number of nitro groups is 1. The van der Waals surface area contributed by atoms with Gasteiger partial charge in [-0.2, -0.15) is 0 Å². The van der Waals surface area contributed by atoms with Crippen LogP contribution in [0.1, 0.15) is 10.5 Å². The molecule has 0 bridgehead atoms. The van der Waals surface area contributed by atoms with Crippen molar-refractivity contribution in [2.45, 2.75) is 0 Å². The zero-order valence-corrected chi connectivity index (χ0v) is 7.43. The summed E-state index contributed by atoms with van der Waals surface area (Å²) < 4.78 is 0. The summed E-state index contributed by atoms with van der Waals surface area (Å²) in [6, 6.07) is 5.69. The Morgan fingerprint density at radius 2 is 2.20 bits per heavy atom. The molecule has 0 aliphatic rings. The summed E-state index contributed by atoms with van der Waals surface area (Å²) in [4.78, 5) is 23.3. The van der Waals surface area contributed by atoms with E-state index in [-0.39, 0.29) is 11.4 Å². The van der Waals surface area contributed by atoms with Gasteiger partial charge >= 0.3 is 5.97 Å². The number of carboxylic acids is 1. The van der Waals surface area contributed by atoms with Gasteiger partial charge in [0.2, 0.25) is 0 Å². The van der Waals surface area contributed by atoms with Gasteiger partial charge in [0, 0.05) is 6.07 Å². The Labute approximate surface area is 83.3 Å². The van der Waals surface area contributed by atoms with Crippen molar-refractivity contribution in [1.82, 2.24) is 4.98 Å². The van der Waals surface area contributed by atoms with Crippen LogP contribution in [0.4, 0.5) is 5.69 Å². The van der Waals surface area contributed by atoms with E-state index in [1.807, 2.05) is 0 Å². The molecule has 0 aliphatic carbocycles. The van der Waals surface area contributed by atoms with Gasteiger partial charge < -0.3 is 10.1 Å². The lowest BCUT2D eigenvalue weighted by molar-refractivity contribution is -0.383. The number of fused-ring (bicyclic) bond motifs is 1. The fourth-order valence-corrected chi connectivity index (χ4v) is 1.41. The van der Waals surface area contributed by atoms with E-state index in [0.29, 0.717) is 10.9 Å². The van der Waals surface area contributed by atoms with Crippen molar-refractivity contribution < 1.29 is 14.8 Å². The maximum Gasteiger partial charge on any atom is 0.352 e. The second-order valence-corrected chi connectivity index (χ2v) is 2.98. The molecular formula is C9H6N2O4. The van der Waals surface area contributed by atoms with Crippen LogP contribution in [0.25, 0.3) is 10.9 Å². The molecule has 15 heavy (non-hydrogen) atoms. The molecule has 0 unspecified atom stereocenters. The third-order valence-corrected chi connectivity index (χ3v) is 2.07. The molecule has 0 fully saturated rings. The molecular weight excluding hydrogens is 200 g/mol. The van der Waals surface area contributed by atoms with Crippen LogP contribution < -0.4 is 0 Å². The van der Waals surface area contributed by atoms with Crippen LogP contribution in [0, 0.1) is 10.1 Å². The van der Waals surface area contributed by atoms with Crippen molar-refractivity contribution in [2.75, 3.05) is 0 Å². The number of carboxylic acid groups (broad SMARTS) is 1. The van der Waals surface area contributed by atoms with Crippen molar-refractivity contribution in [3.63, 3.8) is 0 Å². The number of benzene rings is 1. The maximum atomic E-state index is 10.7. The average Bonchev–Trinajstić information content (AvgIpc) is 2.60. The second-order valence-electron chi connectivity index (χ2n) is 2.98. The van der Waals surface area contributed by atoms with E-state index in [1.165, 1.54) is 18.2 Å². The van der Waals surface area contributed by atoms with Gasteiger partial charge in [0.25, 0.3) is 5.69 Å². The Morgan fingerprint density at radius 1 is 1.47 bits per heavy atom. The molecule has 1 aromatic heterocycles. The van der Waals surface area contributed by atoms with E-state index in [4.69, 9.17) is 5.11 Å². The number of aromatic carboxylic acids is 1. The molecule has 1 aromatic carbocycles. The molecule has 6 nitrogen and oxygen atoms in total. The average molecular weight is 206 g/mol. The zero-order chi connectivity index (χ0) is 11.0. The number of rotatable bonds is 2. The molecule has 0 atom stereocenters. The molecule has 0 radical (unpaired) electrons. The fourth-order valence-electron chi connectivity index (χ4n) is 1.41. The minimum atomic E-state index is -1.14. The zero-order valence-electron chi connectivity index (χ0n) is 7.43. The number of nitro benzene ring substituents is 1. The molecule has 2 N–H and O–H groups in total. The molecule has 2 rings (SSSR count). The van der Waals surface area contributed by atoms with Gasteiger partial charge in [-0.15, -0.1) is 0 Å². The summed E-state index contributed by atoms with van der Waals surface area (Å²) in [6.45, 7) is 0. The van der Waals surface area contributed by atoms with E-state index in [0.717, 1.165) is 0 Å². The highest BCUT2D eigenvalue weighted by Crippen LogP contribution is 2.25. The van der Waals surface area contributed by atoms with Crippen molar-refractivity contribution >= 4 is 22.6 Å². The molecule has 0 aliphatic heterocycles. The normalized spacial score (nSPS) is 10.4. The summed E-state index contributed by atoms with van der Waals surface area (Å²) in [5.74, 6) is -1.14. The predicted molar refractivity (Wildman–Crippen MR) is 51.9 cm³/mol. The number of aromatic amines is 1. The highest BCUT2D eigenvalue weighted by atomic mass is 16.6. The van der Waals surface area contributed by atoms with Crippen LogP contribution in [0.5, 0.6) is 0 Å². The van der Waals surface area contributed by atoms with E-state index >= 15 is 0 Å². The molecule has 2 aromatic rings. The predicted octanol–water partition coefficient (Wildman–Crippen LogP) is 1.77. The number of carbonyl (C=O) groups is 1. The van der Waals surface area contributed by atoms with E-state index < -0.39 is 10.9 Å². The Balaban J connectivity index is 2.75. The highest BCUT2D eigenvalue weighted by molar-refractivity contribution is 5.97. The van der Waals surface area contributed by atoms with Crippen LogP contribution in [0.15, 0.2) is 24.3 Å². The first-order chi connectivity index (χ1) is 7.09. The molecule has 0 saturated heterocycles. The first-order valence-electron chi connectivity index (χ1n) is 4.09. The number of aromatic nitrogens is 1. The summed E-state index contributed by atoms with van der Waals surface area (Å²) in [6.07, 6.45) is 0. The smallest absolute Gasteiger partial charge is 0.352 e. The largest absolute Gasteiger partial charge is 0.477 e. The van der Waals surface area contributed by atoms with Crippen LogP contribution in [-0.2, 0) is 0 Å².